The van der Waals surface area contributed by atoms with Crippen LogP contribution in [0.15, 0.2) is 14.9 Å². The van der Waals surface area contributed by atoms with Crippen LogP contribution in [0.4, 0.5) is 0 Å². The van der Waals surface area contributed by atoms with E-state index in [0.717, 1.165) is 10.1 Å². The molecule has 2 aromatic heterocycles. The third kappa shape index (κ3) is 3.30. The molecule has 0 aliphatic heterocycles. The van der Waals surface area contributed by atoms with Gasteiger partial charge in [-0.05, 0) is 6.92 Å². The van der Waals surface area contributed by atoms with Gasteiger partial charge in [-0.2, -0.15) is 0 Å². The van der Waals surface area contributed by atoms with Crippen molar-refractivity contribution in [3.63, 3.8) is 0 Å². The van der Waals surface area contributed by atoms with Gasteiger partial charge in [-0.25, -0.2) is 0 Å². The van der Waals surface area contributed by atoms with Gasteiger partial charge in [0.05, 0.1) is 13.5 Å². The van der Waals surface area contributed by atoms with Crippen LogP contribution >= 0.6 is 23.1 Å². The lowest BCUT2D eigenvalue weighted by molar-refractivity contribution is -0.140. The number of aryl methyl sites for hydroxylation is 1. The Morgan fingerprint density at radius 3 is 3.06 bits per heavy atom. The minimum absolute atomic E-state index is 0.223. The fourth-order valence-corrected chi connectivity index (χ4v) is 2.96. The van der Waals surface area contributed by atoms with Crippen LogP contribution in [0.25, 0.3) is 10.7 Å². The second-order valence-electron chi connectivity index (χ2n) is 3.37. The number of nitrogens with zero attached hydrogens (tertiary/aromatic N) is 3. The first-order valence-electron chi connectivity index (χ1n) is 5.16. The number of aromatic nitrogens is 3. The second-order valence-corrected chi connectivity index (χ2v) is 5.69. The molecule has 8 heteroatoms. The molecule has 2 aromatic rings. The molecule has 0 aliphatic rings. The van der Waals surface area contributed by atoms with Gasteiger partial charge in [0.15, 0.2) is 9.35 Å². The smallest absolute Gasteiger partial charge is 0.306 e. The molecule has 0 bridgehead atoms. The van der Waals surface area contributed by atoms with Gasteiger partial charge in [-0.15, -0.1) is 10.2 Å². The number of carbonyl (C=O) groups excluding carboxylic acids is 1. The predicted molar refractivity (Wildman–Crippen MR) is 67.5 cm³/mol. The van der Waals surface area contributed by atoms with Crippen LogP contribution in [0.5, 0.6) is 0 Å². The van der Waals surface area contributed by atoms with Crippen LogP contribution in [0.2, 0.25) is 0 Å². The number of hydrogen-bond donors (Lipinski definition) is 0. The highest BCUT2D eigenvalue weighted by Gasteiger charge is 2.11. The number of rotatable bonds is 5. The van der Waals surface area contributed by atoms with Gasteiger partial charge in [0.2, 0.25) is 0 Å². The minimum atomic E-state index is -0.223. The van der Waals surface area contributed by atoms with Crippen molar-refractivity contribution in [2.45, 2.75) is 17.7 Å². The summed E-state index contributed by atoms with van der Waals surface area (Å²) in [4.78, 5) is 10.9. The van der Waals surface area contributed by atoms with Gasteiger partial charge in [0.1, 0.15) is 11.5 Å². The average Bonchev–Trinajstić information content (AvgIpc) is 2.97. The molecule has 0 radical (unpaired) electrons. The van der Waals surface area contributed by atoms with E-state index in [1.807, 2.05) is 13.0 Å². The molecular weight excluding hydrogens is 274 g/mol. The average molecular weight is 285 g/mol. The molecule has 0 aromatic carbocycles. The molecule has 0 aliphatic carbocycles. The Kier molecular flexibility index (Phi) is 4.32. The molecule has 0 fully saturated rings. The minimum Gasteiger partial charge on any atom is -0.469 e. The largest absolute Gasteiger partial charge is 0.469 e. The van der Waals surface area contributed by atoms with Crippen molar-refractivity contribution in [1.82, 2.24) is 15.4 Å². The van der Waals surface area contributed by atoms with E-state index in [4.69, 9.17) is 4.52 Å². The summed E-state index contributed by atoms with van der Waals surface area (Å²) < 4.78 is 10.3. The number of esters is 1. The predicted octanol–water partition coefficient (Wildman–Crippen LogP) is 2.16. The number of carbonyl (C=O) groups is 1. The molecule has 0 amide bonds. The first kappa shape index (κ1) is 13.0. The SMILES string of the molecule is COC(=O)CCSc1nnc(-c2cc(C)on2)s1. The maximum Gasteiger partial charge on any atom is 0.306 e. The highest BCUT2D eigenvalue weighted by Crippen LogP contribution is 2.29. The Hall–Kier alpha value is -1.41. The lowest BCUT2D eigenvalue weighted by Gasteiger charge is -1.95. The number of methoxy groups -OCH3 is 1. The third-order valence-electron chi connectivity index (χ3n) is 2.01. The van der Waals surface area contributed by atoms with E-state index >= 15 is 0 Å². The number of thioether (sulfide) groups is 1. The summed E-state index contributed by atoms with van der Waals surface area (Å²) in [5.74, 6) is 1.14. The van der Waals surface area contributed by atoms with Gasteiger partial charge in [0, 0.05) is 11.8 Å². The molecule has 0 spiro atoms. The summed E-state index contributed by atoms with van der Waals surface area (Å²) in [6, 6.07) is 1.81. The molecule has 0 saturated heterocycles. The Bertz CT molecular complexity index is 538. The zero-order valence-corrected chi connectivity index (χ0v) is 11.5. The van der Waals surface area contributed by atoms with Crippen molar-refractivity contribution >= 4 is 29.1 Å². The summed E-state index contributed by atoms with van der Waals surface area (Å²) >= 11 is 2.90. The summed E-state index contributed by atoms with van der Waals surface area (Å²) in [7, 11) is 1.38. The van der Waals surface area contributed by atoms with Crippen molar-refractivity contribution < 1.29 is 14.1 Å². The van der Waals surface area contributed by atoms with Crippen LogP contribution in [0.3, 0.4) is 0 Å². The van der Waals surface area contributed by atoms with E-state index in [9.17, 15) is 4.79 Å². The molecule has 18 heavy (non-hydrogen) atoms. The van der Waals surface area contributed by atoms with E-state index in [0.29, 0.717) is 22.9 Å². The number of hydrogen-bond acceptors (Lipinski definition) is 8. The van der Waals surface area contributed by atoms with Gasteiger partial charge in [-0.3, -0.25) is 4.79 Å². The first-order valence-corrected chi connectivity index (χ1v) is 6.96. The Morgan fingerprint density at radius 2 is 2.39 bits per heavy atom. The highest BCUT2D eigenvalue weighted by molar-refractivity contribution is 8.01. The summed E-state index contributed by atoms with van der Waals surface area (Å²) in [6.45, 7) is 1.82. The summed E-state index contributed by atoms with van der Waals surface area (Å²) in [5.41, 5.74) is 0.685. The number of ether oxygens (including phenoxy) is 1. The van der Waals surface area contributed by atoms with Gasteiger partial charge in [-0.1, -0.05) is 28.3 Å². The van der Waals surface area contributed by atoms with Crippen molar-refractivity contribution in [3.05, 3.63) is 11.8 Å². The second kappa shape index (κ2) is 5.96. The molecule has 0 saturated carbocycles. The fourth-order valence-electron chi connectivity index (χ4n) is 1.16. The topological polar surface area (TPSA) is 78.1 Å². The molecule has 6 nitrogen and oxygen atoms in total. The van der Waals surface area contributed by atoms with Gasteiger partial charge >= 0.3 is 5.97 Å². The van der Waals surface area contributed by atoms with E-state index in [2.05, 4.69) is 20.1 Å². The maximum absolute atomic E-state index is 10.9. The van der Waals surface area contributed by atoms with Crippen molar-refractivity contribution in [2.24, 2.45) is 0 Å². The summed E-state index contributed by atoms with van der Waals surface area (Å²) in [6.07, 6.45) is 0.360. The zero-order chi connectivity index (χ0) is 13.0. The molecular formula is C10H11N3O3S2. The van der Waals surface area contributed by atoms with Crippen molar-refractivity contribution in [3.8, 4) is 10.7 Å². The monoisotopic (exact) mass is 285 g/mol. The van der Waals surface area contributed by atoms with Crippen molar-refractivity contribution in [1.29, 1.82) is 0 Å². The third-order valence-corrected chi connectivity index (χ3v) is 4.09. The Balaban J connectivity index is 1.92. The van der Waals surface area contributed by atoms with E-state index in [1.165, 1.54) is 30.2 Å². The summed E-state index contributed by atoms with van der Waals surface area (Å²) in [5, 5.41) is 12.6. The van der Waals surface area contributed by atoms with Crippen LogP contribution in [-0.2, 0) is 9.53 Å². The quantitative estimate of drug-likeness (QED) is 0.615. The van der Waals surface area contributed by atoms with Crippen molar-refractivity contribution in [2.75, 3.05) is 12.9 Å². The standard InChI is InChI=1S/C10H11N3O3S2/c1-6-5-7(13-16-6)9-11-12-10(18-9)17-4-3-8(14)15-2/h5H,3-4H2,1-2H3. The molecule has 2 heterocycles. The molecule has 0 unspecified atom stereocenters. The normalized spacial score (nSPS) is 10.6. The van der Waals surface area contributed by atoms with Crippen LogP contribution in [0.1, 0.15) is 12.2 Å². The molecule has 2 rings (SSSR count). The van der Waals surface area contributed by atoms with E-state index in [1.54, 1.807) is 0 Å². The molecule has 96 valence electrons. The molecule has 0 atom stereocenters. The van der Waals surface area contributed by atoms with Gasteiger partial charge in [0.25, 0.3) is 0 Å². The Labute approximate surface area is 112 Å². The fraction of sp³-hybridized carbons (Fsp3) is 0.400. The van der Waals surface area contributed by atoms with Gasteiger partial charge < -0.3 is 9.26 Å². The van der Waals surface area contributed by atoms with Crippen LogP contribution in [-0.4, -0.2) is 34.2 Å². The van der Waals surface area contributed by atoms with E-state index < -0.39 is 0 Å². The lowest BCUT2D eigenvalue weighted by Crippen LogP contribution is -2.00. The highest BCUT2D eigenvalue weighted by atomic mass is 32.2. The van der Waals surface area contributed by atoms with E-state index in [-0.39, 0.29) is 5.97 Å². The zero-order valence-electron chi connectivity index (χ0n) is 9.87. The van der Waals surface area contributed by atoms with Crippen LogP contribution in [0, 0.1) is 6.92 Å². The Morgan fingerprint density at radius 1 is 1.56 bits per heavy atom. The van der Waals surface area contributed by atoms with Crippen LogP contribution < -0.4 is 0 Å². The molecule has 0 N–H and O–H groups in total. The first-order chi connectivity index (χ1) is 8.69. The lowest BCUT2D eigenvalue weighted by atomic mass is 10.4. The maximum atomic E-state index is 10.9.